The monoisotopic (exact) mass is 200 g/mol. The van der Waals surface area contributed by atoms with Crippen LogP contribution in [-0.2, 0) is 0 Å². The molecule has 12 heavy (non-hydrogen) atoms. The van der Waals surface area contributed by atoms with E-state index in [9.17, 15) is 0 Å². The molecule has 0 bridgehead atoms. The summed E-state index contributed by atoms with van der Waals surface area (Å²) in [5.41, 5.74) is 0. The lowest BCUT2D eigenvalue weighted by Crippen LogP contribution is -2.15. The fourth-order valence-electron chi connectivity index (χ4n) is 0.835. The van der Waals surface area contributed by atoms with E-state index in [-0.39, 0.29) is 4.75 Å². The zero-order valence-electron chi connectivity index (χ0n) is 7.38. The van der Waals surface area contributed by atoms with Crippen molar-refractivity contribution in [3.05, 3.63) is 30.3 Å². The molecule has 0 heterocycles. The molecule has 2 heteroatoms. The van der Waals surface area contributed by atoms with Gasteiger partial charge in [-0.1, -0.05) is 18.2 Å². The molecule has 0 aliphatic carbocycles. The summed E-state index contributed by atoms with van der Waals surface area (Å²) in [6.07, 6.45) is 0. The van der Waals surface area contributed by atoms with Gasteiger partial charge in [0.2, 0.25) is 0 Å². The minimum Gasteiger partial charge on any atom is -0.125 e. The summed E-state index contributed by atoms with van der Waals surface area (Å²) >= 11 is 7.64. The van der Waals surface area contributed by atoms with E-state index in [2.05, 4.69) is 26.0 Å². The van der Waals surface area contributed by atoms with E-state index in [1.165, 1.54) is 4.90 Å². The van der Waals surface area contributed by atoms with Crippen molar-refractivity contribution >= 4 is 23.4 Å². The maximum Gasteiger partial charge on any atom is 0.0369 e. The molecule has 1 rings (SSSR count). The predicted molar refractivity (Wildman–Crippen MR) is 57.1 cm³/mol. The second-order valence-corrected chi connectivity index (χ2v) is 5.36. The normalized spacial score (nSPS) is 11.6. The molecular weight excluding hydrogens is 188 g/mol. The molecule has 0 aromatic heterocycles. The molecule has 1 aromatic carbocycles. The minimum atomic E-state index is 0.128. The summed E-state index contributed by atoms with van der Waals surface area (Å²) in [5.74, 6) is 0.673. The first-order valence-electron chi connectivity index (χ1n) is 3.94. The molecule has 0 saturated carbocycles. The molecular formula is C10H13ClS. The van der Waals surface area contributed by atoms with Gasteiger partial charge in [-0.2, -0.15) is 0 Å². The van der Waals surface area contributed by atoms with E-state index in [1.54, 1.807) is 0 Å². The minimum absolute atomic E-state index is 0.128. The molecule has 0 aliphatic rings. The van der Waals surface area contributed by atoms with Crippen molar-refractivity contribution in [3.63, 3.8) is 0 Å². The Morgan fingerprint density at radius 2 is 1.83 bits per heavy atom. The highest BCUT2D eigenvalue weighted by Crippen LogP contribution is 2.32. The maximum absolute atomic E-state index is 5.82. The summed E-state index contributed by atoms with van der Waals surface area (Å²) in [4.78, 5) is 1.28. The molecule has 0 aliphatic heterocycles. The molecule has 0 unspecified atom stereocenters. The second-order valence-electron chi connectivity index (χ2n) is 3.31. The van der Waals surface area contributed by atoms with Crippen LogP contribution >= 0.6 is 23.4 Å². The van der Waals surface area contributed by atoms with Gasteiger partial charge in [0.15, 0.2) is 0 Å². The molecule has 0 N–H and O–H groups in total. The molecule has 0 radical (unpaired) electrons. The first-order valence-corrected chi connectivity index (χ1v) is 5.29. The summed E-state index contributed by atoms with van der Waals surface area (Å²) in [6.45, 7) is 4.30. The van der Waals surface area contributed by atoms with Crippen LogP contribution in [0, 0.1) is 0 Å². The third-order valence-corrected chi connectivity index (χ3v) is 3.49. The maximum atomic E-state index is 5.82. The molecule has 1 aromatic rings. The SMILES string of the molecule is CC(C)(CCl)Sc1ccccc1. The number of halogens is 1. The van der Waals surface area contributed by atoms with Crippen LogP contribution in [0.2, 0.25) is 0 Å². The van der Waals surface area contributed by atoms with Gasteiger partial charge in [0.1, 0.15) is 0 Å². The highest BCUT2D eigenvalue weighted by molar-refractivity contribution is 8.00. The zero-order valence-corrected chi connectivity index (χ0v) is 8.95. The average Bonchev–Trinajstić information content (AvgIpc) is 2.06. The third kappa shape index (κ3) is 3.08. The number of hydrogen-bond donors (Lipinski definition) is 0. The zero-order chi connectivity index (χ0) is 9.03. The number of thioether (sulfide) groups is 1. The number of hydrogen-bond acceptors (Lipinski definition) is 1. The molecule has 0 spiro atoms. The van der Waals surface area contributed by atoms with Crippen LogP contribution in [0.5, 0.6) is 0 Å². The van der Waals surface area contributed by atoms with E-state index in [4.69, 9.17) is 11.6 Å². The summed E-state index contributed by atoms with van der Waals surface area (Å²) < 4.78 is 0.128. The van der Waals surface area contributed by atoms with Gasteiger partial charge in [0.05, 0.1) is 0 Å². The van der Waals surface area contributed by atoms with Gasteiger partial charge in [-0.25, -0.2) is 0 Å². The Balaban J connectivity index is 2.64. The van der Waals surface area contributed by atoms with Gasteiger partial charge in [-0.15, -0.1) is 23.4 Å². The number of alkyl halides is 1. The van der Waals surface area contributed by atoms with Crippen molar-refractivity contribution in [2.24, 2.45) is 0 Å². The van der Waals surface area contributed by atoms with Crippen LogP contribution in [0.15, 0.2) is 35.2 Å². The van der Waals surface area contributed by atoms with Gasteiger partial charge in [-0.3, -0.25) is 0 Å². The summed E-state index contributed by atoms with van der Waals surface area (Å²) in [6, 6.07) is 10.3. The van der Waals surface area contributed by atoms with Gasteiger partial charge in [0.25, 0.3) is 0 Å². The third-order valence-electron chi connectivity index (χ3n) is 1.46. The molecule has 0 atom stereocenters. The topological polar surface area (TPSA) is 0 Å². The molecule has 0 amide bonds. The van der Waals surface area contributed by atoms with Crippen molar-refractivity contribution in [3.8, 4) is 0 Å². The Morgan fingerprint density at radius 1 is 1.25 bits per heavy atom. The van der Waals surface area contributed by atoms with Crippen molar-refractivity contribution in [1.82, 2.24) is 0 Å². The van der Waals surface area contributed by atoms with Crippen molar-refractivity contribution in [2.75, 3.05) is 5.88 Å². The van der Waals surface area contributed by atoms with E-state index in [0.29, 0.717) is 5.88 Å². The quantitative estimate of drug-likeness (QED) is 0.529. The standard InChI is InChI=1S/C10H13ClS/c1-10(2,8-11)12-9-6-4-3-5-7-9/h3-7H,8H2,1-2H3. The van der Waals surface area contributed by atoms with Gasteiger partial charge in [-0.05, 0) is 26.0 Å². The lowest BCUT2D eigenvalue weighted by Gasteiger charge is -2.20. The largest absolute Gasteiger partial charge is 0.125 e. The first kappa shape index (κ1) is 9.94. The fourth-order valence-corrected chi connectivity index (χ4v) is 1.98. The number of rotatable bonds is 3. The van der Waals surface area contributed by atoms with E-state index >= 15 is 0 Å². The predicted octanol–water partition coefficient (Wildman–Crippen LogP) is 3.80. The average molecular weight is 201 g/mol. The van der Waals surface area contributed by atoms with Crippen LogP contribution < -0.4 is 0 Å². The van der Waals surface area contributed by atoms with Crippen molar-refractivity contribution in [1.29, 1.82) is 0 Å². The van der Waals surface area contributed by atoms with E-state index < -0.39 is 0 Å². The lowest BCUT2D eigenvalue weighted by atomic mass is 10.2. The second kappa shape index (κ2) is 4.20. The van der Waals surface area contributed by atoms with Crippen LogP contribution in [-0.4, -0.2) is 10.6 Å². The Morgan fingerprint density at radius 3 is 2.33 bits per heavy atom. The number of benzene rings is 1. The Hall–Kier alpha value is -0.140. The molecule has 66 valence electrons. The molecule has 0 nitrogen and oxygen atoms in total. The lowest BCUT2D eigenvalue weighted by molar-refractivity contribution is 0.811. The Kier molecular flexibility index (Phi) is 3.48. The van der Waals surface area contributed by atoms with E-state index in [0.717, 1.165) is 0 Å². The Bertz CT molecular complexity index is 231. The summed E-state index contributed by atoms with van der Waals surface area (Å²) in [7, 11) is 0. The highest BCUT2D eigenvalue weighted by Gasteiger charge is 2.17. The van der Waals surface area contributed by atoms with Crippen LogP contribution in [0.4, 0.5) is 0 Å². The highest BCUT2D eigenvalue weighted by atomic mass is 35.5. The van der Waals surface area contributed by atoms with Crippen LogP contribution in [0.1, 0.15) is 13.8 Å². The first-order chi connectivity index (χ1) is 5.64. The van der Waals surface area contributed by atoms with Crippen LogP contribution in [0.3, 0.4) is 0 Å². The smallest absolute Gasteiger partial charge is 0.0369 e. The summed E-state index contributed by atoms with van der Waals surface area (Å²) in [5, 5.41) is 0. The van der Waals surface area contributed by atoms with Gasteiger partial charge in [0, 0.05) is 15.5 Å². The van der Waals surface area contributed by atoms with Crippen molar-refractivity contribution < 1.29 is 0 Å². The van der Waals surface area contributed by atoms with Gasteiger partial charge >= 0.3 is 0 Å². The van der Waals surface area contributed by atoms with Crippen LogP contribution in [0.25, 0.3) is 0 Å². The van der Waals surface area contributed by atoms with Gasteiger partial charge < -0.3 is 0 Å². The molecule has 0 saturated heterocycles. The van der Waals surface area contributed by atoms with E-state index in [1.807, 2.05) is 30.0 Å². The molecule has 0 fully saturated rings. The fraction of sp³-hybridized carbons (Fsp3) is 0.400. The Labute approximate surface area is 83.3 Å². The van der Waals surface area contributed by atoms with Crippen molar-refractivity contribution in [2.45, 2.75) is 23.5 Å².